The minimum absolute atomic E-state index is 0.00270. The summed E-state index contributed by atoms with van der Waals surface area (Å²) in [7, 11) is 0. The Morgan fingerprint density at radius 1 is 1.05 bits per heavy atom. The Hall–Kier alpha value is -4.02. The molecule has 2 amide bonds. The second-order valence-electron chi connectivity index (χ2n) is 9.11. The monoisotopic (exact) mass is 501 g/mol. The van der Waals surface area contributed by atoms with Gasteiger partial charge in [0.25, 0.3) is 5.91 Å². The number of piperazine rings is 1. The molecule has 0 bridgehead atoms. The van der Waals surface area contributed by atoms with E-state index in [0.717, 1.165) is 49.5 Å². The molecule has 0 unspecified atom stereocenters. The third-order valence-electron chi connectivity index (χ3n) is 6.64. The van der Waals surface area contributed by atoms with Crippen LogP contribution in [0.2, 0.25) is 0 Å². The summed E-state index contributed by atoms with van der Waals surface area (Å²) in [4.78, 5) is 41.8. The molecule has 1 saturated heterocycles. The Morgan fingerprint density at radius 2 is 1.84 bits per heavy atom. The second-order valence-corrected chi connectivity index (χ2v) is 9.11. The number of H-pyrrole nitrogens is 1. The number of furan rings is 1. The van der Waals surface area contributed by atoms with Crippen LogP contribution in [-0.2, 0) is 11.2 Å². The molecule has 1 aliphatic heterocycles. The zero-order valence-corrected chi connectivity index (χ0v) is 20.9. The summed E-state index contributed by atoms with van der Waals surface area (Å²) in [5, 5.41) is 5.95. The van der Waals surface area contributed by atoms with E-state index in [2.05, 4.69) is 42.3 Å². The van der Waals surface area contributed by atoms with Crippen molar-refractivity contribution in [1.29, 1.82) is 0 Å². The highest BCUT2D eigenvalue weighted by Gasteiger charge is 2.18. The number of carbonyl (C=O) groups is 2. The largest absolute Gasteiger partial charge is 0.472 e. The minimum atomic E-state index is -0.207. The Bertz CT molecular complexity index is 1340. The molecule has 0 radical (unpaired) electrons. The van der Waals surface area contributed by atoms with Gasteiger partial charge in [0, 0.05) is 44.6 Å². The Kier molecular flexibility index (Phi) is 7.57. The number of nitrogens with one attached hydrogen (secondary N) is 3. The fourth-order valence-electron chi connectivity index (χ4n) is 4.47. The number of amides is 2. The van der Waals surface area contributed by atoms with E-state index in [1.165, 1.54) is 0 Å². The van der Waals surface area contributed by atoms with Crippen molar-refractivity contribution in [2.75, 3.05) is 51.1 Å². The maximum atomic E-state index is 12.9. The van der Waals surface area contributed by atoms with Crippen molar-refractivity contribution in [2.24, 2.45) is 0 Å². The Labute approximate surface area is 215 Å². The number of hydrogen-bond donors (Lipinski definition) is 3. The molecule has 10 nitrogen and oxygen atoms in total. The van der Waals surface area contributed by atoms with Crippen LogP contribution in [0.1, 0.15) is 22.8 Å². The standard InChI is InChI=1S/C27H31N7O3/c1-2-33-12-14-34(15-13-33)17-23(35)30-21-5-3-19(4-6-21)7-10-29-27(36)22-8-11-28-26-24(22)31-25(32-26)20-9-16-37-18-20/h3-6,8-9,11,16,18H,2,7,10,12-15,17H2,1H3,(H,29,36)(H,30,35)(H,28,31,32). The molecule has 0 spiro atoms. The molecule has 0 atom stereocenters. The molecule has 37 heavy (non-hydrogen) atoms. The first kappa shape index (κ1) is 24.7. The molecule has 1 fully saturated rings. The van der Waals surface area contributed by atoms with Gasteiger partial charge in [-0.15, -0.1) is 0 Å². The smallest absolute Gasteiger partial charge is 0.253 e. The van der Waals surface area contributed by atoms with Gasteiger partial charge in [-0.05, 0) is 42.8 Å². The van der Waals surface area contributed by atoms with Gasteiger partial charge < -0.3 is 24.9 Å². The molecular formula is C27H31N7O3. The van der Waals surface area contributed by atoms with Gasteiger partial charge in [0.2, 0.25) is 5.91 Å². The first-order valence-corrected chi connectivity index (χ1v) is 12.6. The number of fused-ring (bicyclic) bond motifs is 1. The molecule has 4 heterocycles. The molecule has 0 saturated carbocycles. The molecule has 1 aliphatic rings. The van der Waals surface area contributed by atoms with Crippen molar-refractivity contribution >= 4 is 28.7 Å². The first-order chi connectivity index (χ1) is 18.1. The third kappa shape index (κ3) is 6.04. The van der Waals surface area contributed by atoms with Crippen LogP contribution in [0.4, 0.5) is 5.69 Å². The van der Waals surface area contributed by atoms with Crippen molar-refractivity contribution in [3.05, 3.63) is 66.2 Å². The SMILES string of the molecule is CCN1CCN(CC(=O)Nc2ccc(CCNC(=O)c3ccnc4[nH]c(-c5ccoc5)nc34)cc2)CC1. The highest BCUT2D eigenvalue weighted by molar-refractivity contribution is 6.04. The number of nitrogens with zero attached hydrogens (tertiary/aromatic N) is 4. The summed E-state index contributed by atoms with van der Waals surface area (Å²) < 4.78 is 5.12. The Morgan fingerprint density at radius 3 is 2.57 bits per heavy atom. The molecule has 192 valence electrons. The van der Waals surface area contributed by atoms with E-state index in [4.69, 9.17) is 4.42 Å². The van der Waals surface area contributed by atoms with Gasteiger partial charge in [0.05, 0.1) is 23.9 Å². The van der Waals surface area contributed by atoms with E-state index in [1.807, 2.05) is 24.3 Å². The predicted molar refractivity (Wildman–Crippen MR) is 141 cm³/mol. The highest BCUT2D eigenvalue weighted by Crippen LogP contribution is 2.22. The average Bonchev–Trinajstić information content (AvgIpc) is 3.60. The average molecular weight is 502 g/mol. The number of likely N-dealkylation sites (N-methyl/N-ethyl adjacent to an activating group) is 1. The summed E-state index contributed by atoms with van der Waals surface area (Å²) in [5.41, 5.74) is 4.16. The van der Waals surface area contributed by atoms with Crippen molar-refractivity contribution in [3.8, 4) is 11.4 Å². The molecule has 10 heteroatoms. The van der Waals surface area contributed by atoms with Gasteiger partial charge in [0.1, 0.15) is 17.6 Å². The number of anilines is 1. The molecule has 3 aromatic heterocycles. The maximum Gasteiger partial charge on any atom is 0.253 e. The number of carbonyl (C=O) groups excluding carboxylic acids is 2. The number of hydrogen-bond acceptors (Lipinski definition) is 7. The van der Waals surface area contributed by atoms with Crippen LogP contribution >= 0.6 is 0 Å². The maximum absolute atomic E-state index is 12.9. The van der Waals surface area contributed by atoms with Crippen LogP contribution in [0.5, 0.6) is 0 Å². The third-order valence-corrected chi connectivity index (χ3v) is 6.64. The predicted octanol–water partition coefficient (Wildman–Crippen LogP) is 2.77. The van der Waals surface area contributed by atoms with E-state index >= 15 is 0 Å². The molecule has 3 N–H and O–H groups in total. The summed E-state index contributed by atoms with van der Waals surface area (Å²) >= 11 is 0. The molecule has 5 rings (SSSR count). The van der Waals surface area contributed by atoms with E-state index in [1.54, 1.807) is 30.9 Å². The van der Waals surface area contributed by atoms with Gasteiger partial charge in [-0.3, -0.25) is 14.5 Å². The van der Waals surface area contributed by atoms with E-state index < -0.39 is 0 Å². The zero-order chi connectivity index (χ0) is 25.6. The number of aromatic amines is 1. The first-order valence-electron chi connectivity index (χ1n) is 12.6. The number of aromatic nitrogens is 3. The van der Waals surface area contributed by atoms with Crippen LogP contribution < -0.4 is 10.6 Å². The van der Waals surface area contributed by atoms with Crippen molar-refractivity contribution in [2.45, 2.75) is 13.3 Å². The van der Waals surface area contributed by atoms with E-state index in [9.17, 15) is 9.59 Å². The summed E-state index contributed by atoms with van der Waals surface area (Å²) in [6.07, 6.45) is 5.41. The quantitative estimate of drug-likeness (QED) is 0.323. The topological polar surface area (TPSA) is 119 Å². The van der Waals surface area contributed by atoms with Crippen LogP contribution in [0.3, 0.4) is 0 Å². The lowest BCUT2D eigenvalue weighted by Crippen LogP contribution is -2.48. The van der Waals surface area contributed by atoms with Crippen LogP contribution in [0, 0.1) is 0 Å². The van der Waals surface area contributed by atoms with Crippen molar-refractivity contribution < 1.29 is 14.0 Å². The van der Waals surface area contributed by atoms with Crippen LogP contribution in [0.25, 0.3) is 22.6 Å². The van der Waals surface area contributed by atoms with E-state index in [-0.39, 0.29) is 11.8 Å². The summed E-state index contributed by atoms with van der Waals surface area (Å²) in [6.45, 7) is 7.96. The highest BCUT2D eigenvalue weighted by atomic mass is 16.3. The Balaban J connectivity index is 1.10. The van der Waals surface area contributed by atoms with Gasteiger partial charge in [-0.1, -0.05) is 19.1 Å². The molecule has 4 aromatic rings. The van der Waals surface area contributed by atoms with E-state index in [0.29, 0.717) is 42.1 Å². The van der Waals surface area contributed by atoms with Crippen molar-refractivity contribution in [3.63, 3.8) is 0 Å². The van der Waals surface area contributed by atoms with Gasteiger partial charge in [-0.25, -0.2) is 9.97 Å². The van der Waals surface area contributed by atoms with Crippen LogP contribution in [-0.4, -0.2) is 82.4 Å². The zero-order valence-electron chi connectivity index (χ0n) is 20.9. The number of pyridine rings is 1. The lowest BCUT2D eigenvalue weighted by atomic mass is 10.1. The number of rotatable bonds is 9. The lowest BCUT2D eigenvalue weighted by molar-refractivity contribution is -0.117. The normalized spacial score (nSPS) is 14.6. The van der Waals surface area contributed by atoms with Gasteiger partial charge in [0.15, 0.2) is 5.65 Å². The fraction of sp³-hybridized carbons (Fsp3) is 0.333. The number of benzene rings is 1. The molecule has 0 aliphatic carbocycles. The lowest BCUT2D eigenvalue weighted by Gasteiger charge is -2.33. The second kappa shape index (κ2) is 11.4. The van der Waals surface area contributed by atoms with Gasteiger partial charge in [-0.2, -0.15) is 0 Å². The number of imidazole rings is 1. The molecule has 1 aromatic carbocycles. The molecular weight excluding hydrogens is 470 g/mol. The summed E-state index contributed by atoms with van der Waals surface area (Å²) in [6, 6.07) is 11.2. The minimum Gasteiger partial charge on any atom is -0.472 e. The van der Waals surface area contributed by atoms with Gasteiger partial charge >= 0.3 is 0 Å². The van der Waals surface area contributed by atoms with Crippen LogP contribution in [0.15, 0.2) is 59.5 Å². The summed E-state index contributed by atoms with van der Waals surface area (Å²) in [5.74, 6) is 0.395. The van der Waals surface area contributed by atoms with Crippen molar-refractivity contribution in [1.82, 2.24) is 30.1 Å². The fourth-order valence-corrected chi connectivity index (χ4v) is 4.47.